The lowest BCUT2D eigenvalue weighted by molar-refractivity contribution is -0.275. The van der Waals surface area contributed by atoms with Crippen LogP contribution in [0, 0.1) is 12.7 Å². The highest BCUT2D eigenvalue weighted by atomic mass is 32.2. The van der Waals surface area contributed by atoms with Gasteiger partial charge in [-0.2, -0.15) is 0 Å². The smallest absolute Gasteiger partial charge is 0.404 e. The molecule has 124 valence electrons. The van der Waals surface area contributed by atoms with Gasteiger partial charge >= 0.3 is 6.36 Å². The lowest BCUT2D eigenvalue weighted by Crippen LogP contribution is -2.21. The summed E-state index contributed by atoms with van der Waals surface area (Å²) in [5.74, 6) is -1.56. The highest BCUT2D eigenvalue weighted by Gasteiger charge is 2.34. The van der Waals surface area contributed by atoms with Crippen molar-refractivity contribution in [3.05, 3.63) is 53.8 Å². The Morgan fingerprint density at radius 3 is 2.39 bits per heavy atom. The fourth-order valence-corrected chi connectivity index (χ4v) is 3.04. The van der Waals surface area contributed by atoms with E-state index in [4.69, 9.17) is 0 Å². The Labute approximate surface area is 129 Å². The van der Waals surface area contributed by atoms with Gasteiger partial charge in [0.15, 0.2) is 0 Å². The van der Waals surface area contributed by atoms with E-state index >= 15 is 0 Å². The summed E-state index contributed by atoms with van der Waals surface area (Å²) in [5, 5.41) is 0. The molecule has 2 rings (SSSR count). The first-order chi connectivity index (χ1) is 10.6. The molecule has 2 aromatic rings. The minimum Gasteiger partial charge on any atom is -0.404 e. The Balaban J connectivity index is 2.42. The van der Waals surface area contributed by atoms with Gasteiger partial charge in [-0.3, -0.25) is 4.72 Å². The van der Waals surface area contributed by atoms with Crippen molar-refractivity contribution in [2.75, 3.05) is 4.72 Å². The molecule has 0 saturated carbocycles. The van der Waals surface area contributed by atoms with Crippen molar-refractivity contribution in [2.45, 2.75) is 18.2 Å². The molecule has 0 aliphatic rings. The van der Waals surface area contributed by atoms with Gasteiger partial charge in [-0.05, 0) is 36.8 Å². The normalized spacial score (nSPS) is 12.0. The Morgan fingerprint density at radius 2 is 1.74 bits per heavy atom. The lowest BCUT2D eigenvalue weighted by Gasteiger charge is -2.15. The second-order valence-electron chi connectivity index (χ2n) is 4.56. The zero-order valence-electron chi connectivity index (χ0n) is 11.7. The monoisotopic (exact) mass is 349 g/mol. The summed E-state index contributed by atoms with van der Waals surface area (Å²) < 4.78 is 80.7. The third-order valence-corrected chi connectivity index (χ3v) is 4.21. The predicted molar refractivity (Wildman–Crippen MR) is 75.1 cm³/mol. The zero-order valence-corrected chi connectivity index (χ0v) is 12.5. The predicted octanol–water partition coefficient (Wildman–Crippen LogP) is 3.83. The van der Waals surface area contributed by atoms with Crippen molar-refractivity contribution in [3.63, 3.8) is 0 Å². The molecular weight excluding hydrogens is 338 g/mol. The number of para-hydroxylation sites is 1. The molecule has 0 aromatic heterocycles. The van der Waals surface area contributed by atoms with Crippen LogP contribution in [0.5, 0.6) is 5.75 Å². The molecule has 23 heavy (non-hydrogen) atoms. The van der Waals surface area contributed by atoms with Gasteiger partial charge in [-0.15, -0.1) is 13.2 Å². The highest BCUT2D eigenvalue weighted by molar-refractivity contribution is 7.92. The van der Waals surface area contributed by atoms with Crippen LogP contribution in [0.15, 0.2) is 47.4 Å². The van der Waals surface area contributed by atoms with Crippen molar-refractivity contribution < 1.29 is 30.7 Å². The number of sulfonamides is 1. The van der Waals surface area contributed by atoms with Crippen LogP contribution in [-0.2, 0) is 10.0 Å². The number of hydrogen-bond acceptors (Lipinski definition) is 3. The summed E-state index contributed by atoms with van der Waals surface area (Å²) in [6.45, 7) is 1.52. The lowest BCUT2D eigenvalue weighted by atomic mass is 10.2. The Bertz CT molecular complexity index is 819. The molecule has 4 nitrogen and oxygen atoms in total. The summed E-state index contributed by atoms with van der Waals surface area (Å²) in [7, 11) is -4.40. The van der Waals surface area contributed by atoms with Crippen LogP contribution >= 0.6 is 0 Å². The summed E-state index contributed by atoms with van der Waals surface area (Å²) in [6, 6.07) is 7.68. The van der Waals surface area contributed by atoms with E-state index < -0.39 is 32.8 Å². The van der Waals surface area contributed by atoms with Crippen LogP contribution in [-0.4, -0.2) is 14.8 Å². The number of aryl methyl sites for hydroxylation is 1. The van der Waals surface area contributed by atoms with Crippen LogP contribution in [0.4, 0.5) is 23.2 Å². The van der Waals surface area contributed by atoms with Gasteiger partial charge in [0.05, 0.1) is 5.69 Å². The quantitative estimate of drug-likeness (QED) is 0.854. The molecule has 0 aliphatic carbocycles. The average Bonchev–Trinajstić information content (AvgIpc) is 2.41. The van der Waals surface area contributed by atoms with Crippen molar-refractivity contribution in [1.29, 1.82) is 0 Å². The number of rotatable bonds is 4. The Kier molecular flexibility index (Phi) is 4.51. The number of anilines is 1. The van der Waals surface area contributed by atoms with Gasteiger partial charge in [-0.25, -0.2) is 12.8 Å². The molecule has 1 N–H and O–H groups in total. The van der Waals surface area contributed by atoms with Crippen molar-refractivity contribution in [2.24, 2.45) is 0 Å². The zero-order chi connectivity index (χ0) is 17.3. The fraction of sp³-hybridized carbons (Fsp3) is 0.143. The Morgan fingerprint density at radius 1 is 1.09 bits per heavy atom. The third kappa shape index (κ3) is 4.35. The molecule has 0 saturated heterocycles. The molecule has 0 heterocycles. The molecule has 0 bridgehead atoms. The van der Waals surface area contributed by atoms with Crippen molar-refractivity contribution >= 4 is 15.7 Å². The van der Waals surface area contributed by atoms with E-state index in [1.54, 1.807) is 0 Å². The molecule has 0 amide bonds. The first-order valence-corrected chi connectivity index (χ1v) is 7.70. The number of halogens is 4. The highest BCUT2D eigenvalue weighted by Crippen LogP contribution is 2.31. The van der Waals surface area contributed by atoms with Crippen LogP contribution in [0.25, 0.3) is 0 Å². The van der Waals surface area contributed by atoms with Gasteiger partial charge in [-0.1, -0.05) is 18.2 Å². The minimum atomic E-state index is -5.04. The summed E-state index contributed by atoms with van der Waals surface area (Å²) in [4.78, 5) is -0.707. The summed E-state index contributed by atoms with van der Waals surface area (Å²) >= 11 is 0. The largest absolute Gasteiger partial charge is 0.573 e. The van der Waals surface area contributed by atoms with Gasteiger partial charge < -0.3 is 4.74 Å². The van der Waals surface area contributed by atoms with E-state index in [-0.39, 0.29) is 5.69 Å². The van der Waals surface area contributed by atoms with Gasteiger partial charge in [0.1, 0.15) is 16.5 Å². The van der Waals surface area contributed by atoms with Crippen molar-refractivity contribution in [3.8, 4) is 5.75 Å². The van der Waals surface area contributed by atoms with Crippen molar-refractivity contribution in [1.82, 2.24) is 0 Å². The number of ether oxygens (including phenoxy) is 1. The standard InChI is InChI=1S/C14H11F4NO3S/c1-9-6-7-10(15)8-11(9)19-23(20,21)13-5-3-2-4-12(13)22-14(16,17)18/h2-8,19H,1H3. The Hall–Kier alpha value is -2.29. The molecule has 0 unspecified atom stereocenters. The van der Waals surface area contributed by atoms with Crippen LogP contribution in [0.1, 0.15) is 5.56 Å². The van der Waals surface area contributed by atoms with E-state index in [9.17, 15) is 26.0 Å². The summed E-state index contributed by atoms with van der Waals surface area (Å²) in [6.07, 6.45) is -5.04. The van der Waals surface area contributed by atoms with Crippen LogP contribution in [0.3, 0.4) is 0 Å². The second-order valence-corrected chi connectivity index (χ2v) is 6.21. The summed E-state index contributed by atoms with van der Waals surface area (Å²) in [5.41, 5.74) is 0.330. The van der Waals surface area contributed by atoms with Gasteiger partial charge in [0.25, 0.3) is 10.0 Å². The minimum absolute atomic E-state index is 0.0770. The molecule has 2 aromatic carbocycles. The maximum atomic E-state index is 13.2. The van der Waals surface area contributed by atoms with E-state index in [1.807, 2.05) is 0 Å². The topological polar surface area (TPSA) is 55.4 Å². The molecule has 0 aliphatic heterocycles. The number of alkyl halides is 3. The van der Waals surface area contributed by atoms with E-state index in [1.165, 1.54) is 25.1 Å². The first kappa shape index (κ1) is 17.1. The van der Waals surface area contributed by atoms with E-state index in [0.29, 0.717) is 5.56 Å². The maximum Gasteiger partial charge on any atom is 0.573 e. The third-order valence-electron chi connectivity index (χ3n) is 2.81. The molecule has 0 atom stereocenters. The fourth-order valence-electron chi connectivity index (χ4n) is 1.79. The molecule has 0 spiro atoms. The maximum absolute atomic E-state index is 13.2. The second kappa shape index (κ2) is 6.07. The number of nitrogens with one attached hydrogen (secondary N) is 1. The molecule has 0 fully saturated rings. The molecule has 0 radical (unpaired) electrons. The van der Waals surface area contributed by atoms with Gasteiger partial charge in [0, 0.05) is 0 Å². The van der Waals surface area contributed by atoms with Gasteiger partial charge in [0.2, 0.25) is 0 Å². The van der Waals surface area contributed by atoms with E-state index in [2.05, 4.69) is 9.46 Å². The van der Waals surface area contributed by atoms with Crippen LogP contribution in [0.2, 0.25) is 0 Å². The number of benzene rings is 2. The van der Waals surface area contributed by atoms with E-state index in [0.717, 1.165) is 24.3 Å². The molecular formula is C14H11F4NO3S. The molecule has 9 heteroatoms. The first-order valence-electron chi connectivity index (χ1n) is 6.22. The number of hydrogen-bond donors (Lipinski definition) is 1. The SMILES string of the molecule is Cc1ccc(F)cc1NS(=O)(=O)c1ccccc1OC(F)(F)F. The average molecular weight is 349 g/mol. The van der Waals surface area contributed by atoms with Crippen LogP contribution < -0.4 is 9.46 Å².